The van der Waals surface area contributed by atoms with Gasteiger partial charge in [0, 0.05) is 26.1 Å². The lowest BCUT2D eigenvalue weighted by Crippen LogP contribution is -2.43. The first-order valence-corrected chi connectivity index (χ1v) is 7.49. The molecule has 1 heterocycles. The minimum atomic E-state index is -0.0489. The molecule has 0 aliphatic carbocycles. The van der Waals surface area contributed by atoms with E-state index in [1.807, 2.05) is 0 Å². The molecule has 20 heavy (non-hydrogen) atoms. The van der Waals surface area contributed by atoms with Crippen LogP contribution in [0.15, 0.2) is 0 Å². The van der Waals surface area contributed by atoms with Crippen LogP contribution in [0, 0.1) is 0 Å². The maximum absolute atomic E-state index is 11.9. The quantitative estimate of drug-likeness (QED) is 0.697. The lowest BCUT2D eigenvalue weighted by Gasteiger charge is -2.24. The van der Waals surface area contributed by atoms with Crippen LogP contribution < -0.4 is 10.6 Å². The number of carbonyl (C=O) groups excluding carboxylic acids is 2. The molecule has 118 valence electrons. The molecular formula is C14H28ClN3O2. The van der Waals surface area contributed by atoms with Gasteiger partial charge >= 0.3 is 0 Å². The fraction of sp³-hybridized carbons (Fsp3) is 0.857. The van der Waals surface area contributed by atoms with Crippen molar-refractivity contribution in [1.29, 1.82) is 0 Å². The van der Waals surface area contributed by atoms with Crippen molar-refractivity contribution in [2.75, 3.05) is 32.7 Å². The van der Waals surface area contributed by atoms with Crippen LogP contribution in [0.4, 0.5) is 0 Å². The minimum absolute atomic E-state index is 0. The second kappa shape index (κ2) is 12.0. The van der Waals surface area contributed by atoms with Crippen LogP contribution >= 0.6 is 12.4 Å². The summed E-state index contributed by atoms with van der Waals surface area (Å²) < 4.78 is 0. The molecule has 2 amide bonds. The third-order valence-electron chi connectivity index (χ3n) is 3.31. The number of likely N-dealkylation sites (tertiary alicyclic amines) is 1. The van der Waals surface area contributed by atoms with Crippen LogP contribution in [0.5, 0.6) is 0 Å². The molecule has 6 heteroatoms. The van der Waals surface area contributed by atoms with E-state index in [0.29, 0.717) is 13.0 Å². The van der Waals surface area contributed by atoms with E-state index in [9.17, 15) is 9.59 Å². The highest BCUT2D eigenvalue weighted by atomic mass is 35.5. The van der Waals surface area contributed by atoms with Gasteiger partial charge in [0.25, 0.3) is 0 Å². The first-order valence-electron chi connectivity index (χ1n) is 7.49. The predicted octanol–water partition coefficient (Wildman–Crippen LogP) is 1.32. The van der Waals surface area contributed by atoms with Crippen molar-refractivity contribution in [2.45, 2.75) is 45.4 Å². The van der Waals surface area contributed by atoms with Gasteiger partial charge in [-0.3, -0.25) is 9.59 Å². The maximum atomic E-state index is 11.9. The number of nitrogens with zero attached hydrogens (tertiary/aromatic N) is 1. The molecule has 0 atom stereocenters. The first-order chi connectivity index (χ1) is 9.24. The molecule has 0 unspecified atom stereocenters. The summed E-state index contributed by atoms with van der Waals surface area (Å²) >= 11 is 0. The van der Waals surface area contributed by atoms with E-state index in [1.165, 1.54) is 0 Å². The van der Waals surface area contributed by atoms with Gasteiger partial charge in [-0.15, -0.1) is 12.4 Å². The molecule has 0 aromatic heterocycles. The molecule has 0 aromatic carbocycles. The van der Waals surface area contributed by atoms with E-state index >= 15 is 0 Å². The third-order valence-corrected chi connectivity index (χ3v) is 3.31. The summed E-state index contributed by atoms with van der Waals surface area (Å²) in [4.78, 5) is 25.3. The van der Waals surface area contributed by atoms with Crippen molar-refractivity contribution in [3.05, 3.63) is 0 Å². The zero-order valence-corrected chi connectivity index (χ0v) is 13.3. The Morgan fingerprint density at radius 1 is 1.15 bits per heavy atom. The summed E-state index contributed by atoms with van der Waals surface area (Å²) in [6.45, 7) is 5.43. The zero-order chi connectivity index (χ0) is 13.9. The smallest absolute Gasteiger partial charge is 0.239 e. The van der Waals surface area contributed by atoms with Crippen LogP contribution in [0.25, 0.3) is 0 Å². The molecule has 5 nitrogen and oxygen atoms in total. The molecule has 1 fully saturated rings. The molecule has 0 saturated carbocycles. The van der Waals surface area contributed by atoms with E-state index in [-0.39, 0.29) is 30.8 Å². The van der Waals surface area contributed by atoms with E-state index in [2.05, 4.69) is 17.6 Å². The number of rotatable bonds is 7. The van der Waals surface area contributed by atoms with Gasteiger partial charge in [0.05, 0.1) is 6.54 Å². The molecular weight excluding hydrogens is 278 g/mol. The van der Waals surface area contributed by atoms with Crippen LogP contribution in [0.1, 0.15) is 45.4 Å². The lowest BCUT2D eigenvalue weighted by atomic mass is 10.1. The van der Waals surface area contributed by atoms with Gasteiger partial charge in [0.2, 0.25) is 11.8 Å². The number of halogens is 1. The fourth-order valence-corrected chi connectivity index (χ4v) is 2.20. The number of amides is 2. The number of nitrogens with one attached hydrogen (secondary N) is 2. The number of hydrogen-bond donors (Lipinski definition) is 2. The molecule has 0 spiro atoms. The molecule has 0 bridgehead atoms. The molecule has 1 aliphatic heterocycles. The van der Waals surface area contributed by atoms with Gasteiger partial charge in [-0.2, -0.15) is 0 Å². The minimum Gasteiger partial charge on any atom is -0.353 e. The Balaban J connectivity index is 0.00000361. The Hall–Kier alpha value is -0.810. The SMILES string of the molecule is CCCNCCNC(=O)CN1CCCCCCC1=O.Cl. The summed E-state index contributed by atoms with van der Waals surface area (Å²) in [5, 5.41) is 6.08. The van der Waals surface area contributed by atoms with Crippen molar-refractivity contribution in [2.24, 2.45) is 0 Å². The Morgan fingerprint density at radius 2 is 1.90 bits per heavy atom. The van der Waals surface area contributed by atoms with Crippen LogP contribution in [-0.4, -0.2) is 49.4 Å². The van der Waals surface area contributed by atoms with E-state index in [1.54, 1.807) is 4.90 Å². The van der Waals surface area contributed by atoms with Crippen molar-refractivity contribution in [1.82, 2.24) is 15.5 Å². The molecule has 0 radical (unpaired) electrons. The van der Waals surface area contributed by atoms with Gasteiger partial charge in [0.15, 0.2) is 0 Å². The third kappa shape index (κ3) is 8.38. The monoisotopic (exact) mass is 305 g/mol. The number of hydrogen-bond acceptors (Lipinski definition) is 3. The Kier molecular flexibility index (Phi) is 11.5. The second-order valence-corrected chi connectivity index (χ2v) is 5.08. The van der Waals surface area contributed by atoms with Crippen LogP contribution in [0.3, 0.4) is 0 Å². The van der Waals surface area contributed by atoms with Crippen molar-refractivity contribution >= 4 is 24.2 Å². The van der Waals surface area contributed by atoms with Gasteiger partial charge in [-0.1, -0.05) is 19.8 Å². The molecule has 1 aliphatic rings. The average molecular weight is 306 g/mol. The highest BCUT2D eigenvalue weighted by Crippen LogP contribution is 2.11. The first kappa shape index (κ1) is 19.2. The Morgan fingerprint density at radius 3 is 2.65 bits per heavy atom. The standard InChI is InChI=1S/C14H27N3O2.ClH/c1-2-8-15-9-10-16-13(18)12-17-11-6-4-3-5-7-14(17)19;/h15H,2-12H2,1H3,(H,16,18);1H. The second-order valence-electron chi connectivity index (χ2n) is 5.08. The Labute approximate surface area is 128 Å². The highest BCUT2D eigenvalue weighted by Gasteiger charge is 2.17. The van der Waals surface area contributed by atoms with Gasteiger partial charge in [0.1, 0.15) is 0 Å². The molecule has 1 saturated heterocycles. The van der Waals surface area contributed by atoms with Crippen molar-refractivity contribution < 1.29 is 9.59 Å². The normalized spacial score (nSPS) is 16.1. The van der Waals surface area contributed by atoms with E-state index in [0.717, 1.165) is 51.7 Å². The van der Waals surface area contributed by atoms with E-state index in [4.69, 9.17) is 0 Å². The van der Waals surface area contributed by atoms with Crippen LogP contribution in [-0.2, 0) is 9.59 Å². The summed E-state index contributed by atoms with van der Waals surface area (Å²) in [7, 11) is 0. The average Bonchev–Trinajstić information content (AvgIpc) is 2.38. The maximum Gasteiger partial charge on any atom is 0.239 e. The lowest BCUT2D eigenvalue weighted by molar-refractivity contribution is -0.136. The summed E-state index contributed by atoms with van der Waals surface area (Å²) in [5.74, 6) is 0.0752. The zero-order valence-electron chi connectivity index (χ0n) is 12.5. The largest absolute Gasteiger partial charge is 0.353 e. The summed E-state index contributed by atoms with van der Waals surface area (Å²) in [6.07, 6.45) is 5.94. The Bertz CT molecular complexity index is 288. The van der Waals surface area contributed by atoms with Crippen molar-refractivity contribution in [3.63, 3.8) is 0 Å². The molecule has 1 rings (SSSR count). The van der Waals surface area contributed by atoms with Gasteiger partial charge in [-0.05, 0) is 25.8 Å². The van der Waals surface area contributed by atoms with Gasteiger partial charge < -0.3 is 15.5 Å². The summed E-state index contributed by atoms with van der Waals surface area (Å²) in [5.41, 5.74) is 0. The van der Waals surface area contributed by atoms with Crippen LogP contribution in [0.2, 0.25) is 0 Å². The highest BCUT2D eigenvalue weighted by molar-refractivity contribution is 5.85. The van der Waals surface area contributed by atoms with Crippen molar-refractivity contribution in [3.8, 4) is 0 Å². The van der Waals surface area contributed by atoms with E-state index < -0.39 is 0 Å². The fourth-order valence-electron chi connectivity index (χ4n) is 2.20. The number of carbonyl (C=O) groups is 2. The van der Waals surface area contributed by atoms with Gasteiger partial charge in [-0.25, -0.2) is 0 Å². The molecule has 2 N–H and O–H groups in total. The topological polar surface area (TPSA) is 61.4 Å². The summed E-state index contributed by atoms with van der Waals surface area (Å²) in [6, 6.07) is 0. The predicted molar refractivity (Wildman–Crippen MR) is 83.1 cm³/mol. The molecule has 0 aromatic rings.